The highest BCUT2D eigenvalue weighted by atomic mass is 15.3. The third kappa shape index (κ3) is 5.41. The van der Waals surface area contributed by atoms with E-state index in [9.17, 15) is 0 Å². The molecule has 4 heteroatoms. The fourth-order valence-corrected chi connectivity index (χ4v) is 4.41. The lowest BCUT2D eigenvalue weighted by Gasteiger charge is -2.38. The first kappa shape index (κ1) is 21.1. The van der Waals surface area contributed by atoms with Crippen molar-refractivity contribution >= 4 is 0 Å². The molecule has 0 aromatic heterocycles. The highest BCUT2D eigenvalue weighted by Crippen LogP contribution is 2.28. The molecule has 0 N–H and O–H groups in total. The number of likely N-dealkylation sites (N-methyl/N-ethyl adjacent to an activating group) is 2. The SMILES string of the molecule is CCN(C)[C@H]1CCN(C(C)(C)CCN(C)[C@H]2CCN(C(C)(C)C)C2)C1. The Balaban J connectivity index is 1.80. The van der Waals surface area contributed by atoms with E-state index in [1.807, 2.05) is 0 Å². The van der Waals surface area contributed by atoms with Crippen LogP contribution in [0.5, 0.6) is 0 Å². The van der Waals surface area contributed by atoms with Crippen LogP contribution >= 0.6 is 0 Å². The third-order valence-electron chi connectivity index (χ3n) is 6.95. The second kappa shape index (κ2) is 8.24. The molecule has 0 spiro atoms. The van der Waals surface area contributed by atoms with Crippen molar-refractivity contribution in [3.8, 4) is 0 Å². The average Bonchev–Trinajstić information content (AvgIpc) is 3.20. The van der Waals surface area contributed by atoms with Gasteiger partial charge in [-0.2, -0.15) is 0 Å². The molecule has 0 aromatic carbocycles. The first-order chi connectivity index (χ1) is 11.5. The maximum atomic E-state index is 2.73. The zero-order chi connectivity index (χ0) is 18.8. The molecule has 2 aliphatic rings. The lowest BCUT2D eigenvalue weighted by Crippen LogP contribution is -2.47. The molecule has 2 fully saturated rings. The molecule has 2 heterocycles. The molecular formula is C21H44N4. The maximum Gasteiger partial charge on any atom is 0.0232 e. The number of nitrogens with zero attached hydrogens (tertiary/aromatic N) is 4. The summed E-state index contributed by atoms with van der Waals surface area (Å²) in [6, 6.07) is 1.48. The van der Waals surface area contributed by atoms with Gasteiger partial charge in [0.2, 0.25) is 0 Å². The normalized spacial score (nSPS) is 27.1. The van der Waals surface area contributed by atoms with Crippen LogP contribution in [0.4, 0.5) is 0 Å². The van der Waals surface area contributed by atoms with Crippen LogP contribution in [0.15, 0.2) is 0 Å². The highest BCUT2D eigenvalue weighted by Gasteiger charge is 2.36. The molecule has 0 radical (unpaired) electrons. The molecule has 2 atom stereocenters. The van der Waals surface area contributed by atoms with Gasteiger partial charge in [0.25, 0.3) is 0 Å². The van der Waals surface area contributed by atoms with E-state index in [4.69, 9.17) is 0 Å². The van der Waals surface area contributed by atoms with E-state index >= 15 is 0 Å². The number of hydrogen-bond acceptors (Lipinski definition) is 4. The molecule has 148 valence electrons. The summed E-state index contributed by atoms with van der Waals surface area (Å²) in [5.41, 5.74) is 0.616. The fourth-order valence-electron chi connectivity index (χ4n) is 4.41. The van der Waals surface area contributed by atoms with E-state index in [1.54, 1.807) is 0 Å². The molecule has 2 saturated heterocycles. The van der Waals surface area contributed by atoms with Gasteiger partial charge in [0.1, 0.15) is 0 Å². The van der Waals surface area contributed by atoms with Crippen molar-refractivity contribution in [1.82, 2.24) is 19.6 Å². The Morgan fingerprint density at radius 3 is 1.88 bits per heavy atom. The average molecular weight is 353 g/mol. The molecular weight excluding hydrogens is 308 g/mol. The van der Waals surface area contributed by atoms with Gasteiger partial charge in [0.15, 0.2) is 0 Å². The second-order valence-corrected chi connectivity index (χ2v) is 10.1. The van der Waals surface area contributed by atoms with Gasteiger partial charge >= 0.3 is 0 Å². The molecule has 0 bridgehead atoms. The Kier molecular flexibility index (Phi) is 6.97. The molecule has 2 aliphatic heterocycles. The summed E-state index contributed by atoms with van der Waals surface area (Å²) >= 11 is 0. The molecule has 2 rings (SSSR count). The summed E-state index contributed by atoms with van der Waals surface area (Å²) in [5, 5.41) is 0. The summed E-state index contributed by atoms with van der Waals surface area (Å²) in [5.74, 6) is 0. The Hall–Kier alpha value is -0.160. The van der Waals surface area contributed by atoms with Crippen LogP contribution in [0.3, 0.4) is 0 Å². The van der Waals surface area contributed by atoms with Crippen LogP contribution in [-0.2, 0) is 0 Å². The van der Waals surface area contributed by atoms with Gasteiger partial charge in [-0.3, -0.25) is 9.80 Å². The minimum absolute atomic E-state index is 0.305. The van der Waals surface area contributed by atoms with Crippen LogP contribution < -0.4 is 0 Å². The topological polar surface area (TPSA) is 13.0 Å². The summed E-state index contributed by atoms with van der Waals surface area (Å²) in [7, 11) is 4.61. The summed E-state index contributed by atoms with van der Waals surface area (Å²) in [6.45, 7) is 21.5. The predicted octanol–water partition coefficient (Wildman–Crippen LogP) is 2.99. The Morgan fingerprint density at radius 2 is 1.36 bits per heavy atom. The molecule has 0 aromatic rings. The van der Waals surface area contributed by atoms with Crippen molar-refractivity contribution in [3.05, 3.63) is 0 Å². The zero-order valence-electron chi connectivity index (χ0n) is 18.3. The number of hydrogen-bond donors (Lipinski definition) is 0. The molecule has 0 amide bonds. The van der Waals surface area contributed by atoms with Gasteiger partial charge < -0.3 is 9.80 Å². The zero-order valence-corrected chi connectivity index (χ0v) is 18.3. The van der Waals surface area contributed by atoms with Crippen molar-refractivity contribution in [3.63, 3.8) is 0 Å². The van der Waals surface area contributed by atoms with E-state index < -0.39 is 0 Å². The van der Waals surface area contributed by atoms with E-state index in [1.165, 1.54) is 52.0 Å². The highest BCUT2D eigenvalue weighted by molar-refractivity contribution is 4.93. The quantitative estimate of drug-likeness (QED) is 0.698. The van der Waals surface area contributed by atoms with Gasteiger partial charge in [-0.1, -0.05) is 6.92 Å². The number of rotatable bonds is 7. The summed E-state index contributed by atoms with van der Waals surface area (Å²) < 4.78 is 0. The first-order valence-corrected chi connectivity index (χ1v) is 10.4. The van der Waals surface area contributed by atoms with Gasteiger partial charge in [-0.25, -0.2) is 0 Å². The van der Waals surface area contributed by atoms with Crippen molar-refractivity contribution in [2.45, 2.75) is 84.0 Å². The van der Waals surface area contributed by atoms with Crippen LogP contribution in [0.1, 0.15) is 60.8 Å². The predicted molar refractivity (Wildman–Crippen MR) is 109 cm³/mol. The molecule has 0 unspecified atom stereocenters. The lowest BCUT2D eigenvalue weighted by atomic mass is 9.97. The van der Waals surface area contributed by atoms with Crippen LogP contribution in [0, 0.1) is 0 Å². The summed E-state index contributed by atoms with van der Waals surface area (Å²) in [6.07, 6.45) is 3.91. The van der Waals surface area contributed by atoms with E-state index in [2.05, 4.69) is 75.2 Å². The van der Waals surface area contributed by atoms with Crippen molar-refractivity contribution in [2.24, 2.45) is 0 Å². The second-order valence-electron chi connectivity index (χ2n) is 10.1. The van der Waals surface area contributed by atoms with Crippen LogP contribution in [-0.4, -0.2) is 96.1 Å². The standard InChI is InChI=1S/C21H44N4/c1-9-22(7)18-11-14-25(17-18)21(5,6)12-15-23(8)19-10-13-24(16-19)20(2,3)4/h18-19H,9-17H2,1-8H3/t18-,19-/m0/s1. The van der Waals surface area contributed by atoms with Crippen molar-refractivity contribution in [2.75, 3.05) is 53.4 Å². The van der Waals surface area contributed by atoms with E-state index in [-0.39, 0.29) is 0 Å². The smallest absolute Gasteiger partial charge is 0.0232 e. The van der Waals surface area contributed by atoms with Crippen molar-refractivity contribution < 1.29 is 0 Å². The molecule has 0 saturated carbocycles. The van der Waals surface area contributed by atoms with E-state index in [0.29, 0.717) is 11.1 Å². The minimum atomic E-state index is 0.305. The Labute approximate surface area is 157 Å². The number of likely N-dealkylation sites (tertiary alicyclic amines) is 2. The van der Waals surface area contributed by atoms with Gasteiger partial charge in [0, 0.05) is 49.3 Å². The molecule has 4 nitrogen and oxygen atoms in total. The van der Waals surface area contributed by atoms with E-state index in [0.717, 1.165) is 18.6 Å². The van der Waals surface area contributed by atoms with Gasteiger partial charge in [-0.05, 0) is 81.1 Å². The van der Waals surface area contributed by atoms with Gasteiger partial charge in [0.05, 0.1) is 0 Å². The van der Waals surface area contributed by atoms with Crippen LogP contribution in [0.2, 0.25) is 0 Å². The summed E-state index contributed by atoms with van der Waals surface area (Å²) in [4.78, 5) is 10.5. The Morgan fingerprint density at radius 1 is 0.840 bits per heavy atom. The monoisotopic (exact) mass is 352 g/mol. The minimum Gasteiger partial charge on any atom is -0.302 e. The van der Waals surface area contributed by atoms with Crippen LogP contribution in [0.25, 0.3) is 0 Å². The third-order valence-corrected chi connectivity index (χ3v) is 6.95. The molecule has 0 aliphatic carbocycles. The van der Waals surface area contributed by atoms with Gasteiger partial charge in [-0.15, -0.1) is 0 Å². The fraction of sp³-hybridized carbons (Fsp3) is 1.00. The molecule has 25 heavy (non-hydrogen) atoms. The largest absolute Gasteiger partial charge is 0.302 e. The first-order valence-electron chi connectivity index (χ1n) is 10.4. The Bertz CT molecular complexity index is 415. The lowest BCUT2D eigenvalue weighted by molar-refractivity contribution is 0.105. The van der Waals surface area contributed by atoms with Crippen molar-refractivity contribution in [1.29, 1.82) is 0 Å². The maximum absolute atomic E-state index is 2.73.